The lowest BCUT2D eigenvalue weighted by atomic mass is 9.95. The Balaban J connectivity index is 0.00000357. The Kier molecular flexibility index (Phi) is 8.23. The van der Waals surface area contributed by atoms with Gasteiger partial charge in [-0.3, -0.25) is 9.69 Å². The Morgan fingerprint density at radius 1 is 0.889 bits per heavy atom. The molecular formula is C35H32ClN7O2. The van der Waals surface area contributed by atoms with Gasteiger partial charge in [0.25, 0.3) is 5.91 Å². The Morgan fingerprint density at radius 2 is 1.58 bits per heavy atom. The molecule has 7 rings (SSSR count). The molecule has 9 nitrogen and oxygen atoms in total. The second-order valence-electron chi connectivity index (χ2n) is 11.4. The van der Waals surface area contributed by atoms with Gasteiger partial charge < -0.3 is 25.0 Å². The molecule has 0 saturated carbocycles. The Labute approximate surface area is 266 Å². The van der Waals surface area contributed by atoms with Crippen LogP contribution < -0.4 is 10.6 Å². The van der Waals surface area contributed by atoms with Crippen molar-refractivity contribution in [1.82, 2.24) is 14.9 Å². The van der Waals surface area contributed by atoms with Gasteiger partial charge in [-0.2, -0.15) is 10.5 Å². The van der Waals surface area contributed by atoms with Gasteiger partial charge in [0, 0.05) is 77.5 Å². The summed E-state index contributed by atoms with van der Waals surface area (Å²) < 4.78 is 5.57. The molecular weight excluding hydrogens is 586 g/mol. The van der Waals surface area contributed by atoms with Crippen molar-refractivity contribution in [3.63, 3.8) is 0 Å². The van der Waals surface area contributed by atoms with Crippen molar-refractivity contribution in [3.05, 3.63) is 101 Å². The number of nitriles is 2. The molecule has 1 aliphatic heterocycles. The second kappa shape index (κ2) is 12.4. The van der Waals surface area contributed by atoms with Crippen LogP contribution in [-0.4, -0.2) is 47.0 Å². The Bertz CT molecular complexity index is 2100. The van der Waals surface area contributed by atoms with Crippen molar-refractivity contribution in [2.24, 2.45) is 5.73 Å². The van der Waals surface area contributed by atoms with Crippen LogP contribution in [0.1, 0.15) is 51.7 Å². The number of benzene rings is 3. The van der Waals surface area contributed by atoms with E-state index in [4.69, 9.17) is 10.2 Å². The van der Waals surface area contributed by atoms with Crippen molar-refractivity contribution in [1.29, 1.82) is 10.5 Å². The summed E-state index contributed by atoms with van der Waals surface area (Å²) in [7, 11) is 0. The van der Waals surface area contributed by atoms with E-state index in [0.717, 1.165) is 78.3 Å². The third kappa shape index (κ3) is 5.72. The van der Waals surface area contributed by atoms with Crippen LogP contribution in [0.2, 0.25) is 0 Å². The van der Waals surface area contributed by atoms with Crippen LogP contribution in [0.15, 0.2) is 77.5 Å². The van der Waals surface area contributed by atoms with Gasteiger partial charge >= 0.3 is 0 Å². The zero-order chi connectivity index (χ0) is 30.2. The Hall–Kier alpha value is -5.22. The lowest BCUT2D eigenvalue weighted by Gasteiger charge is -2.40. The van der Waals surface area contributed by atoms with E-state index in [1.54, 1.807) is 6.07 Å². The number of piperazine rings is 1. The van der Waals surface area contributed by atoms with Gasteiger partial charge in [-0.1, -0.05) is 0 Å². The highest BCUT2D eigenvalue weighted by molar-refractivity contribution is 5.95. The van der Waals surface area contributed by atoms with Crippen LogP contribution in [0.5, 0.6) is 0 Å². The number of nitrogens with one attached hydrogen (secondary N) is 2. The van der Waals surface area contributed by atoms with Gasteiger partial charge in [-0.25, -0.2) is 0 Å². The molecule has 1 amide bonds. The molecule has 0 spiro atoms. The number of carbonyl (C=O) groups is 1. The summed E-state index contributed by atoms with van der Waals surface area (Å²) >= 11 is 0. The molecule has 4 N–H and O–H groups in total. The third-order valence-corrected chi connectivity index (χ3v) is 8.88. The molecule has 45 heavy (non-hydrogen) atoms. The lowest BCUT2D eigenvalue weighted by molar-refractivity contribution is 0.0976. The average molecular weight is 618 g/mol. The number of anilines is 1. The number of fused-ring (bicyclic) bond motifs is 3. The van der Waals surface area contributed by atoms with E-state index in [2.05, 4.69) is 50.4 Å². The van der Waals surface area contributed by atoms with Gasteiger partial charge in [0.2, 0.25) is 0 Å². The van der Waals surface area contributed by atoms with E-state index < -0.39 is 5.91 Å². The first kappa shape index (κ1) is 29.8. The number of aryl methyl sites for hydroxylation is 1. The minimum Gasteiger partial charge on any atom is -0.451 e. The van der Waals surface area contributed by atoms with E-state index >= 15 is 0 Å². The standard InChI is InChI=1S/C35H31N7O2.ClH/c36-18-22-4-7-30-27(14-22)24(20-39-30)2-1-3-32(29-21-40-31-8-5-23(19-37)15-28(29)31)42-12-10-41(11-13-42)26-6-9-33-25(16-26)17-34(44-33)35(38)43;/h4-9,14-17,20-21,32,39-40H,1-3,10-13H2,(H2,38,43);1H. The summed E-state index contributed by atoms with van der Waals surface area (Å²) in [5, 5.41) is 22.0. The SMILES string of the molecule is Cl.N#Cc1ccc2[nH]cc(CCCC(c3c[nH]c4ccc(C#N)cc34)N3CCN(c4ccc5oc(C(N)=O)cc5c4)CC3)c2c1. The first-order valence-corrected chi connectivity index (χ1v) is 14.8. The van der Waals surface area contributed by atoms with Crippen molar-refractivity contribution in [3.8, 4) is 12.1 Å². The van der Waals surface area contributed by atoms with Gasteiger partial charge in [0.05, 0.1) is 23.3 Å². The van der Waals surface area contributed by atoms with Gasteiger partial charge in [-0.15, -0.1) is 12.4 Å². The summed E-state index contributed by atoms with van der Waals surface area (Å²) in [5.74, 6) is -0.403. The number of nitrogens with zero attached hydrogens (tertiary/aromatic N) is 4. The number of hydrogen-bond donors (Lipinski definition) is 3. The fraction of sp³-hybridized carbons (Fsp3) is 0.229. The molecule has 1 unspecified atom stereocenters. The monoisotopic (exact) mass is 617 g/mol. The minimum absolute atomic E-state index is 0. The van der Waals surface area contributed by atoms with Crippen LogP contribution in [0.25, 0.3) is 32.8 Å². The fourth-order valence-corrected chi connectivity index (χ4v) is 6.60. The molecule has 3 aromatic heterocycles. The molecule has 6 aromatic rings. The molecule has 0 aliphatic carbocycles. The molecule has 1 fully saturated rings. The number of rotatable bonds is 8. The van der Waals surface area contributed by atoms with E-state index in [1.807, 2.05) is 48.5 Å². The van der Waals surface area contributed by atoms with Crippen molar-refractivity contribution in [2.75, 3.05) is 31.1 Å². The highest BCUT2D eigenvalue weighted by Crippen LogP contribution is 2.35. The quantitative estimate of drug-likeness (QED) is 0.177. The molecule has 10 heteroatoms. The number of aromatic amines is 2. The highest BCUT2D eigenvalue weighted by Gasteiger charge is 2.27. The number of halogens is 1. The van der Waals surface area contributed by atoms with Gasteiger partial charge in [0.15, 0.2) is 5.76 Å². The minimum atomic E-state index is -0.571. The van der Waals surface area contributed by atoms with Crippen LogP contribution in [0.3, 0.4) is 0 Å². The zero-order valence-corrected chi connectivity index (χ0v) is 25.4. The molecule has 0 radical (unpaired) electrons. The summed E-state index contributed by atoms with van der Waals surface area (Å²) in [4.78, 5) is 23.3. The Morgan fingerprint density at radius 3 is 2.29 bits per heavy atom. The zero-order valence-electron chi connectivity index (χ0n) is 24.5. The second-order valence-corrected chi connectivity index (χ2v) is 11.4. The predicted octanol–water partition coefficient (Wildman–Crippen LogP) is 6.55. The maximum atomic E-state index is 11.6. The largest absolute Gasteiger partial charge is 0.451 e. The van der Waals surface area contributed by atoms with E-state index in [1.165, 1.54) is 11.1 Å². The maximum Gasteiger partial charge on any atom is 0.284 e. The van der Waals surface area contributed by atoms with Crippen LogP contribution in [-0.2, 0) is 6.42 Å². The molecule has 1 aliphatic rings. The summed E-state index contributed by atoms with van der Waals surface area (Å²) in [6.07, 6.45) is 6.99. The molecule has 1 atom stereocenters. The average Bonchev–Trinajstić information content (AvgIpc) is 3.79. The number of hydrogen-bond acceptors (Lipinski definition) is 6. The number of nitrogens with two attached hydrogens (primary N) is 1. The molecule has 226 valence electrons. The number of primary amides is 1. The third-order valence-electron chi connectivity index (χ3n) is 8.88. The number of furan rings is 1. The predicted molar refractivity (Wildman–Crippen MR) is 177 cm³/mol. The van der Waals surface area contributed by atoms with Crippen LogP contribution in [0, 0.1) is 22.7 Å². The fourth-order valence-electron chi connectivity index (χ4n) is 6.60. The van der Waals surface area contributed by atoms with Crippen molar-refractivity contribution in [2.45, 2.75) is 25.3 Å². The number of amides is 1. The first-order valence-electron chi connectivity index (χ1n) is 14.8. The lowest BCUT2D eigenvalue weighted by Crippen LogP contribution is -2.47. The summed E-state index contributed by atoms with van der Waals surface area (Å²) in [6.45, 7) is 3.47. The molecule has 4 heterocycles. The van der Waals surface area contributed by atoms with Gasteiger partial charge in [-0.05, 0) is 91.1 Å². The van der Waals surface area contributed by atoms with Crippen LogP contribution in [0.4, 0.5) is 5.69 Å². The van der Waals surface area contributed by atoms with E-state index in [-0.39, 0.29) is 24.2 Å². The number of aromatic nitrogens is 2. The van der Waals surface area contributed by atoms with Crippen LogP contribution >= 0.6 is 12.4 Å². The van der Waals surface area contributed by atoms with Gasteiger partial charge in [0.1, 0.15) is 5.58 Å². The smallest absolute Gasteiger partial charge is 0.284 e. The van der Waals surface area contributed by atoms with Crippen molar-refractivity contribution >= 4 is 56.8 Å². The maximum absolute atomic E-state index is 11.6. The molecule has 1 saturated heterocycles. The summed E-state index contributed by atoms with van der Waals surface area (Å²) in [5.41, 5.74) is 13.0. The molecule has 0 bridgehead atoms. The molecule has 3 aromatic carbocycles. The normalized spacial score (nSPS) is 14.3. The summed E-state index contributed by atoms with van der Waals surface area (Å²) in [6, 6.07) is 24.0. The highest BCUT2D eigenvalue weighted by atomic mass is 35.5. The van der Waals surface area contributed by atoms with E-state index in [9.17, 15) is 15.3 Å². The first-order chi connectivity index (χ1) is 21.5. The van der Waals surface area contributed by atoms with Crippen molar-refractivity contribution < 1.29 is 9.21 Å². The topological polar surface area (TPSA) is 142 Å². The number of carbonyl (C=O) groups excluding carboxylic acids is 1. The number of H-pyrrole nitrogens is 2. The van der Waals surface area contributed by atoms with E-state index in [0.29, 0.717) is 16.7 Å².